The zero-order chi connectivity index (χ0) is 12.8. The van der Waals surface area contributed by atoms with E-state index >= 15 is 0 Å². The maximum Gasteiger partial charge on any atom is 0.110 e. The molecule has 0 amide bonds. The lowest BCUT2D eigenvalue weighted by Crippen LogP contribution is -2.19. The van der Waals surface area contributed by atoms with Crippen LogP contribution in [0, 0.1) is 5.92 Å². The topological polar surface area (TPSA) is 53.6 Å². The van der Waals surface area contributed by atoms with Gasteiger partial charge in [0.05, 0.1) is 0 Å². The molecule has 4 nitrogen and oxygen atoms in total. The van der Waals surface area contributed by atoms with Crippen molar-refractivity contribution in [3.05, 3.63) is 47.8 Å². The number of aromatic nitrogens is 3. The molecule has 0 atom stereocenters. The molecule has 2 N–H and O–H groups in total. The predicted molar refractivity (Wildman–Crippen MR) is 72.2 cm³/mol. The summed E-state index contributed by atoms with van der Waals surface area (Å²) >= 11 is 0. The smallest absolute Gasteiger partial charge is 0.110 e. The molecule has 2 rings (SSSR count). The Bertz CT molecular complexity index is 462. The maximum atomic E-state index is 4.39. The zero-order valence-electron chi connectivity index (χ0n) is 11.0. The molecule has 0 saturated carbocycles. The van der Waals surface area contributed by atoms with E-state index in [9.17, 15) is 0 Å². The minimum absolute atomic E-state index is 0.669. The highest BCUT2D eigenvalue weighted by atomic mass is 15.0. The van der Waals surface area contributed by atoms with Crippen LogP contribution in [0.4, 0.5) is 0 Å². The van der Waals surface area contributed by atoms with Crippen LogP contribution < -0.4 is 5.32 Å². The Kier molecular flexibility index (Phi) is 4.47. The summed E-state index contributed by atoms with van der Waals surface area (Å²) in [5.74, 6) is 1.66. The summed E-state index contributed by atoms with van der Waals surface area (Å²) in [4.78, 5) is 11.8. The van der Waals surface area contributed by atoms with Gasteiger partial charge in [-0.1, -0.05) is 19.9 Å². The minimum atomic E-state index is 0.669. The molecule has 0 saturated heterocycles. The molecule has 0 aliphatic rings. The Morgan fingerprint density at radius 2 is 2.22 bits per heavy atom. The fourth-order valence-electron chi connectivity index (χ4n) is 1.78. The first kappa shape index (κ1) is 12.8. The fourth-order valence-corrected chi connectivity index (χ4v) is 1.78. The lowest BCUT2D eigenvalue weighted by Gasteiger charge is -2.05. The van der Waals surface area contributed by atoms with Crippen LogP contribution in [0.15, 0.2) is 30.7 Å². The predicted octanol–water partition coefficient (Wildman–Crippen LogP) is 2.14. The van der Waals surface area contributed by atoms with Gasteiger partial charge in [0.2, 0.25) is 0 Å². The van der Waals surface area contributed by atoms with Gasteiger partial charge < -0.3 is 10.3 Å². The second-order valence-corrected chi connectivity index (χ2v) is 4.92. The SMILES string of the molecule is CC(C)CNCc1cnc(Cc2cccnc2)[nH]1. The summed E-state index contributed by atoms with van der Waals surface area (Å²) in [7, 11) is 0. The molecule has 2 aromatic heterocycles. The number of H-pyrrole nitrogens is 1. The van der Waals surface area contributed by atoms with Gasteiger partial charge in [0.15, 0.2) is 0 Å². The standard InChI is InChI=1S/C14H20N4/c1-11(2)7-16-9-13-10-17-14(18-13)6-12-4-3-5-15-8-12/h3-5,8,10-11,16H,6-7,9H2,1-2H3,(H,17,18). The van der Waals surface area contributed by atoms with Gasteiger partial charge in [-0.25, -0.2) is 4.98 Å². The number of pyridine rings is 1. The third-order valence-corrected chi connectivity index (χ3v) is 2.64. The second-order valence-electron chi connectivity index (χ2n) is 4.92. The van der Waals surface area contributed by atoms with E-state index in [1.54, 1.807) is 6.20 Å². The summed E-state index contributed by atoms with van der Waals surface area (Å²) in [5, 5.41) is 3.39. The van der Waals surface area contributed by atoms with Crippen molar-refractivity contribution in [2.24, 2.45) is 5.92 Å². The monoisotopic (exact) mass is 244 g/mol. The van der Waals surface area contributed by atoms with E-state index in [2.05, 4.69) is 40.2 Å². The molecule has 0 spiro atoms. The van der Waals surface area contributed by atoms with Gasteiger partial charge in [-0.2, -0.15) is 0 Å². The van der Waals surface area contributed by atoms with Crippen LogP contribution in [0.25, 0.3) is 0 Å². The van der Waals surface area contributed by atoms with Gasteiger partial charge in [0.1, 0.15) is 5.82 Å². The van der Waals surface area contributed by atoms with Crippen molar-refractivity contribution in [2.45, 2.75) is 26.8 Å². The molecule has 0 bridgehead atoms. The van der Waals surface area contributed by atoms with Gasteiger partial charge in [-0.15, -0.1) is 0 Å². The average molecular weight is 244 g/mol. The number of aromatic amines is 1. The van der Waals surface area contributed by atoms with Crippen molar-refractivity contribution >= 4 is 0 Å². The van der Waals surface area contributed by atoms with Crippen molar-refractivity contribution in [2.75, 3.05) is 6.54 Å². The Morgan fingerprint density at radius 3 is 2.94 bits per heavy atom. The summed E-state index contributed by atoms with van der Waals surface area (Å²) in [6.07, 6.45) is 6.36. The third-order valence-electron chi connectivity index (χ3n) is 2.64. The third kappa shape index (κ3) is 3.96. The summed E-state index contributed by atoms with van der Waals surface area (Å²) < 4.78 is 0. The Morgan fingerprint density at radius 1 is 1.33 bits per heavy atom. The van der Waals surface area contributed by atoms with Crippen LogP contribution in [-0.4, -0.2) is 21.5 Å². The quantitative estimate of drug-likeness (QED) is 0.818. The van der Waals surface area contributed by atoms with Crippen LogP contribution in [0.2, 0.25) is 0 Å². The van der Waals surface area contributed by atoms with Crippen LogP contribution in [0.3, 0.4) is 0 Å². The molecule has 18 heavy (non-hydrogen) atoms. The number of nitrogens with one attached hydrogen (secondary N) is 2. The number of nitrogens with zero attached hydrogens (tertiary/aromatic N) is 2. The van der Waals surface area contributed by atoms with E-state index in [1.807, 2.05) is 18.5 Å². The van der Waals surface area contributed by atoms with Gasteiger partial charge >= 0.3 is 0 Å². The molecule has 2 heterocycles. The van der Waals surface area contributed by atoms with Crippen LogP contribution in [0.1, 0.15) is 30.9 Å². The minimum Gasteiger partial charge on any atom is -0.345 e. The van der Waals surface area contributed by atoms with Crippen molar-refractivity contribution in [1.82, 2.24) is 20.3 Å². The molecule has 0 fully saturated rings. The van der Waals surface area contributed by atoms with Crippen molar-refractivity contribution < 1.29 is 0 Å². The second kappa shape index (κ2) is 6.31. The highest BCUT2D eigenvalue weighted by Crippen LogP contribution is 2.05. The molecule has 4 heteroatoms. The van der Waals surface area contributed by atoms with Crippen LogP contribution in [0.5, 0.6) is 0 Å². The van der Waals surface area contributed by atoms with Crippen LogP contribution in [-0.2, 0) is 13.0 Å². The molecule has 0 radical (unpaired) electrons. The lowest BCUT2D eigenvalue weighted by molar-refractivity contribution is 0.548. The maximum absolute atomic E-state index is 4.39. The van der Waals surface area contributed by atoms with Crippen molar-refractivity contribution in [3.63, 3.8) is 0 Å². The van der Waals surface area contributed by atoms with Gasteiger partial charge in [0.25, 0.3) is 0 Å². The van der Waals surface area contributed by atoms with Crippen LogP contribution >= 0.6 is 0 Å². The van der Waals surface area contributed by atoms with E-state index < -0.39 is 0 Å². The Balaban J connectivity index is 1.86. The first-order chi connectivity index (χ1) is 8.74. The Labute approximate surface area is 108 Å². The molecule has 0 aliphatic carbocycles. The molecular weight excluding hydrogens is 224 g/mol. The highest BCUT2D eigenvalue weighted by Gasteiger charge is 2.02. The van der Waals surface area contributed by atoms with E-state index in [0.29, 0.717) is 5.92 Å². The molecule has 0 aromatic carbocycles. The van der Waals surface area contributed by atoms with E-state index in [0.717, 1.165) is 31.0 Å². The average Bonchev–Trinajstić information content (AvgIpc) is 2.78. The van der Waals surface area contributed by atoms with Gasteiger partial charge in [-0.05, 0) is 24.1 Å². The van der Waals surface area contributed by atoms with E-state index in [4.69, 9.17) is 0 Å². The van der Waals surface area contributed by atoms with Crippen molar-refractivity contribution in [1.29, 1.82) is 0 Å². The number of hydrogen-bond acceptors (Lipinski definition) is 3. The molecule has 96 valence electrons. The largest absolute Gasteiger partial charge is 0.345 e. The highest BCUT2D eigenvalue weighted by molar-refractivity contribution is 5.15. The zero-order valence-corrected chi connectivity index (χ0v) is 11.0. The summed E-state index contributed by atoms with van der Waals surface area (Å²) in [6.45, 7) is 6.27. The van der Waals surface area contributed by atoms with Gasteiger partial charge in [0, 0.05) is 37.3 Å². The number of imidazole rings is 1. The molecule has 0 aliphatic heterocycles. The lowest BCUT2D eigenvalue weighted by atomic mass is 10.2. The first-order valence-corrected chi connectivity index (χ1v) is 6.36. The molecule has 2 aromatic rings. The van der Waals surface area contributed by atoms with Crippen molar-refractivity contribution in [3.8, 4) is 0 Å². The number of rotatable bonds is 6. The fraction of sp³-hybridized carbons (Fsp3) is 0.429. The molecular formula is C14H20N4. The normalized spacial score (nSPS) is 11.1. The summed E-state index contributed by atoms with van der Waals surface area (Å²) in [6, 6.07) is 4.01. The Hall–Kier alpha value is -1.68. The van der Waals surface area contributed by atoms with Gasteiger partial charge in [-0.3, -0.25) is 4.98 Å². The van der Waals surface area contributed by atoms with E-state index in [-0.39, 0.29) is 0 Å². The molecule has 0 unspecified atom stereocenters. The number of hydrogen-bond donors (Lipinski definition) is 2. The summed E-state index contributed by atoms with van der Waals surface area (Å²) in [5.41, 5.74) is 2.31. The first-order valence-electron chi connectivity index (χ1n) is 6.36. The van der Waals surface area contributed by atoms with E-state index in [1.165, 1.54) is 5.56 Å².